The molecular weight excluding hydrogens is 220 g/mol. The van der Waals surface area contributed by atoms with Crippen LogP contribution < -0.4 is 5.32 Å². The average Bonchev–Trinajstić information content (AvgIpc) is 2.34. The third-order valence-corrected chi connectivity index (χ3v) is 2.33. The minimum absolute atomic E-state index is 0.217. The summed E-state index contributed by atoms with van der Waals surface area (Å²) in [6, 6.07) is 3.29. The third kappa shape index (κ3) is 5.42. The monoisotopic (exact) mass is 238 g/mol. The molecule has 0 aliphatic carbocycles. The van der Waals surface area contributed by atoms with Crippen LogP contribution in [0.15, 0.2) is 18.3 Å². The summed E-state index contributed by atoms with van der Waals surface area (Å²) in [7, 11) is 1.70. The van der Waals surface area contributed by atoms with Gasteiger partial charge in [0.05, 0.1) is 11.3 Å². The van der Waals surface area contributed by atoms with Crippen LogP contribution in [0.4, 0.5) is 0 Å². The number of aromatic nitrogens is 1. The molecule has 0 unspecified atom stereocenters. The lowest BCUT2D eigenvalue weighted by atomic mass is 10.2. The van der Waals surface area contributed by atoms with E-state index in [9.17, 15) is 4.79 Å². The van der Waals surface area contributed by atoms with Crippen LogP contribution in [0.3, 0.4) is 0 Å². The SMILES string of the molecule is COCCCCNCc1ccc(C(=O)O)cn1. The Kier molecular flexibility index (Phi) is 6.21. The van der Waals surface area contributed by atoms with Gasteiger partial charge in [-0.15, -0.1) is 0 Å². The molecular formula is C12H18N2O3. The van der Waals surface area contributed by atoms with E-state index in [-0.39, 0.29) is 5.56 Å². The van der Waals surface area contributed by atoms with Gasteiger partial charge >= 0.3 is 5.97 Å². The molecule has 0 saturated carbocycles. The number of unbranched alkanes of at least 4 members (excludes halogenated alkanes) is 1. The van der Waals surface area contributed by atoms with E-state index in [4.69, 9.17) is 9.84 Å². The summed E-state index contributed by atoms with van der Waals surface area (Å²) in [6.45, 7) is 2.35. The Labute approximate surface area is 101 Å². The van der Waals surface area contributed by atoms with Crippen LogP contribution in [0.25, 0.3) is 0 Å². The number of carbonyl (C=O) groups is 1. The van der Waals surface area contributed by atoms with Crippen LogP contribution in [-0.4, -0.2) is 36.3 Å². The smallest absolute Gasteiger partial charge is 0.337 e. The van der Waals surface area contributed by atoms with Crippen LogP contribution >= 0.6 is 0 Å². The Bertz CT molecular complexity index is 338. The van der Waals surface area contributed by atoms with Crippen molar-refractivity contribution in [1.82, 2.24) is 10.3 Å². The Hall–Kier alpha value is -1.46. The number of nitrogens with one attached hydrogen (secondary N) is 1. The lowest BCUT2D eigenvalue weighted by Gasteiger charge is -2.04. The van der Waals surface area contributed by atoms with E-state index < -0.39 is 5.97 Å². The number of rotatable bonds is 8. The second-order valence-electron chi connectivity index (χ2n) is 3.72. The molecule has 1 aromatic rings. The summed E-state index contributed by atoms with van der Waals surface area (Å²) in [5.41, 5.74) is 1.07. The fourth-order valence-corrected chi connectivity index (χ4v) is 1.37. The molecule has 94 valence electrons. The molecule has 0 atom stereocenters. The highest BCUT2D eigenvalue weighted by Gasteiger charge is 2.02. The van der Waals surface area contributed by atoms with Gasteiger partial charge in [0.1, 0.15) is 0 Å². The van der Waals surface area contributed by atoms with Gasteiger partial charge in [-0.05, 0) is 31.5 Å². The van der Waals surface area contributed by atoms with Crippen LogP contribution in [-0.2, 0) is 11.3 Å². The largest absolute Gasteiger partial charge is 0.478 e. The van der Waals surface area contributed by atoms with Crippen LogP contribution in [0.2, 0.25) is 0 Å². The zero-order chi connectivity index (χ0) is 12.5. The number of pyridine rings is 1. The predicted molar refractivity (Wildman–Crippen MR) is 64.0 cm³/mol. The minimum atomic E-state index is -0.948. The second-order valence-corrected chi connectivity index (χ2v) is 3.72. The van der Waals surface area contributed by atoms with Crippen molar-refractivity contribution < 1.29 is 14.6 Å². The number of ether oxygens (including phenoxy) is 1. The summed E-state index contributed by atoms with van der Waals surface area (Å²) in [5, 5.41) is 11.9. The zero-order valence-electron chi connectivity index (χ0n) is 9.98. The van der Waals surface area contributed by atoms with Gasteiger partial charge in [0, 0.05) is 26.5 Å². The molecule has 0 saturated heterocycles. The van der Waals surface area contributed by atoms with E-state index in [1.807, 2.05) is 0 Å². The number of aromatic carboxylic acids is 1. The maximum Gasteiger partial charge on any atom is 0.337 e. The normalized spacial score (nSPS) is 10.4. The van der Waals surface area contributed by atoms with Gasteiger partial charge in [-0.3, -0.25) is 4.98 Å². The van der Waals surface area contributed by atoms with Crippen molar-refractivity contribution in [2.24, 2.45) is 0 Å². The van der Waals surface area contributed by atoms with Crippen molar-refractivity contribution in [2.75, 3.05) is 20.3 Å². The maximum atomic E-state index is 10.6. The van der Waals surface area contributed by atoms with Gasteiger partial charge in [-0.1, -0.05) is 0 Å². The first-order valence-electron chi connectivity index (χ1n) is 5.62. The topological polar surface area (TPSA) is 71.5 Å². The zero-order valence-corrected chi connectivity index (χ0v) is 9.98. The van der Waals surface area contributed by atoms with Crippen molar-refractivity contribution in [1.29, 1.82) is 0 Å². The van der Waals surface area contributed by atoms with Gasteiger partial charge in [0.2, 0.25) is 0 Å². The van der Waals surface area contributed by atoms with Crippen LogP contribution in [0.5, 0.6) is 0 Å². The van der Waals surface area contributed by atoms with Gasteiger partial charge in [-0.25, -0.2) is 4.79 Å². The Balaban J connectivity index is 2.21. The first kappa shape index (κ1) is 13.6. The van der Waals surface area contributed by atoms with Crippen molar-refractivity contribution >= 4 is 5.97 Å². The average molecular weight is 238 g/mol. The number of methoxy groups -OCH3 is 1. The number of hydrogen-bond acceptors (Lipinski definition) is 4. The highest BCUT2D eigenvalue weighted by Crippen LogP contribution is 2.00. The minimum Gasteiger partial charge on any atom is -0.478 e. The second kappa shape index (κ2) is 7.76. The Morgan fingerprint density at radius 1 is 1.47 bits per heavy atom. The molecule has 1 rings (SSSR count). The fourth-order valence-electron chi connectivity index (χ4n) is 1.37. The molecule has 2 N–H and O–H groups in total. The molecule has 1 heterocycles. The molecule has 17 heavy (non-hydrogen) atoms. The molecule has 0 bridgehead atoms. The number of hydrogen-bond donors (Lipinski definition) is 2. The van der Waals surface area contributed by atoms with E-state index in [2.05, 4.69) is 10.3 Å². The Morgan fingerprint density at radius 2 is 2.29 bits per heavy atom. The maximum absolute atomic E-state index is 10.6. The summed E-state index contributed by atoms with van der Waals surface area (Å²) in [6.07, 6.45) is 3.47. The fraction of sp³-hybridized carbons (Fsp3) is 0.500. The first-order valence-corrected chi connectivity index (χ1v) is 5.62. The summed E-state index contributed by atoms with van der Waals surface area (Å²) in [5.74, 6) is -0.948. The summed E-state index contributed by atoms with van der Waals surface area (Å²) < 4.78 is 4.95. The third-order valence-electron chi connectivity index (χ3n) is 2.33. The Morgan fingerprint density at radius 3 is 2.88 bits per heavy atom. The summed E-state index contributed by atoms with van der Waals surface area (Å²) >= 11 is 0. The van der Waals surface area contributed by atoms with Gasteiger partial charge in [0.15, 0.2) is 0 Å². The number of nitrogens with zero attached hydrogens (tertiary/aromatic N) is 1. The first-order chi connectivity index (χ1) is 8.24. The van der Waals surface area contributed by atoms with Crippen LogP contribution in [0, 0.1) is 0 Å². The van der Waals surface area contributed by atoms with E-state index in [0.29, 0.717) is 6.54 Å². The van der Waals surface area contributed by atoms with Crippen molar-refractivity contribution in [2.45, 2.75) is 19.4 Å². The molecule has 0 amide bonds. The predicted octanol–water partition coefficient (Wildman–Crippen LogP) is 1.30. The van der Waals surface area contributed by atoms with Crippen molar-refractivity contribution in [3.05, 3.63) is 29.6 Å². The quantitative estimate of drug-likeness (QED) is 0.668. The highest BCUT2D eigenvalue weighted by molar-refractivity contribution is 5.87. The lowest BCUT2D eigenvalue weighted by molar-refractivity contribution is 0.0696. The van der Waals surface area contributed by atoms with Gasteiger partial charge in [-0.2, -0.15) is 0 Å². The lowest BCUT2D eigenvalue weighted by Crippen LogP contribution is -2.16. The van der Waals surface area contributed by atoms with Crippen molar-refractivity contribution in [3.8, 4) is 0 Å². The van der Waals surface area contributed by atoms with E-state index in [0.717, 1.165) is 31.7 Å². The molecule has 0 aromatic carbocycles. The highest BCUT2D eigenvalue weighted by atomic mass is 16.5. The van der Waals surface area contributed by atoms with Crippen LogP contribution in [0.1, 0.15) is 28.9 Å². The molecule has 0 aliphatic rings. The standard InChI is InChI=1S/C12H18N2O3/c1-17-7-3-2-6-13-9-11-5-4-10(8-14-11)12(15)16/h4-5,8,13H,2-3,6-7,9H2,1H3,(H,15,16). The number of carboxylic acid groups (broad SMARTS) is 1. The van der Waals surface area contributed by atoms with E-state index in [1.54, 1.807) is 19.2 Å². The molecule has 0 fully saturated rings. The van der Waals surface area contributed by atoms with Gasteiger partial charge in [0.25, 0.3) is 0 Å². The van der Waals surface area contributed by atoms with E-state index in [1.165, 1.54) is 6.20 Å². The molecule has 0 spiro atoms. The molecule has 0 radical (unpaired) electrons. The molecule has 0 aliphatic heterocycles. The number of carboxylic acids is 1. The molecule has 5 nitrogen and oxygen atoms in total. The van der Waals surface area contributed by atoms with Crippen molar-refractivity contribution in [3.63, 3.8) is 0 Å². The van der Waals surface area contributed by atoms with Gasteiger partial charge < -0.3 is 15.2 Å². The molecule has 5 heteroatoms. The van der Waals surface area contributed by atoms with E-state index >= 15 is 0 Å². The summed E-state index contributed by atoms with van der Waals surface area (Å²) in [4.78, 5) is 14.7. The molecule has 1 aromatic heterocycles.